The first-order valence-corrected chi connectivity index (χ1v) is 5.18. The minimum absolute atomic E-state index is 0.135. The molecular formula is C10H19ClN2O. The summed E-state index contributed by atoms with van der Waals surface area (Å²) in [4.78, 5) is 15.3. The van der Waals surface area contributed by atoms with E-state index in [0.29, 0.717) is 18.1 Å². The molecule has 0 radical (unpaired) electrons. The molecule has 0 aliphatic rings. The maximum atomic E-state index is 11.6. The second-order valence-corrected chi connectivity index (χ2v) is 3.79. The summed E-state index contributed by atoms with van der Waals surface area (Å²) < 4.78 is 0. The van der Waals surface area contributed by atoms with E-state index in [9.17, 15) is 4.79 Å². The summed E-state index contributed by atoms with van der Waals surface area (Å²) >= 11 is 5.64. The molecule has 0 saturated heterocycles. The molecule has 82 valence electrons. The number of amides is 1. The fourth-order valence-corrected chi connectivity index (χ4v) is 1.46. The number of hydrogen-bond acceptors (Lipinski definition) is 2. The van der Waals surface area contributed by atoms with E-state index in [1.807, 2.05) is 25.8 Å². The van der Waals surface area contributed by atoms with Crippen molar-refractivity contribution in [3.63, 3.8) is 0 Å². The summed E-state index contributed by atoms with van der Waals surface area (Å²) in [5, 5.41) is 0.555. The Labute approximate surface area is 91.3 Å². The van der Waals surface area contributed by atoms with Crippen molar-refractivity contribution in [2.75, 3.05) is 33.2 Å². The summed E-state index contributed by atoms with van der Waals surface area (Å²) in [7, 11) is 1.86. The topological polar surface area (TPSA) is 23.6 Å². The quantitative estimate of drug-likeness (QED) is 0.675. The van der Waals surface area contributed by atoms with E-state index >= 15 is 0 Å². The molecule has 0 rings (SSSR count). The Kier molecular flexibility index (Phi) is 6.58. The van der Waals surface area contributed by atoms with Crippen molar-refractivity contribution >= 4 is 17.5 Å². The fraction of sp³-hybridized carbons (Fsp3) is 0.700. The second kappa shape index (κ2) is 6.85. The van der Waals surface area contributed by atoms with Crippen LogP contribution in [-0.2, 0) is 4.79 Å². The van der Waals surface area contributed by atoms with Gasteiger partial charge in [-0.05, 0) is 20.9 Å². The smallest absolute Gasteiger partial charge is 0.236 e. The van der Waals surface area contributed by atoms with E-state index in [1.165, 1.54) is 0 Å². The van der Waals surface area contributed by atoms with Crippen molar-refractivity contribution in [2.45, 2.75) is 13.8 Å². The Hall–Kier alpha value is -0.540. The maximum absolute atomic E-state index is 11.6. The van der Waals surface area contributed by atoms with Gasteiger partial charge in [0.1, 0.15) is 0 Å². The molecule has 14 heavy (non-hydrogen) atoms. The zero-order valence-electron chi connectivity index (χ0n) is 9.22. The van der Waals surface area contributed by atoms with Crippen molar-refractivity contribution in [1.82, 2.24) is 9.80 Å². The standard InChI is InChI=1S/C10H19ClN2O/c1-5-13(6-2)10(14)8-12(4)7-9(3)11/h3,5-8H2,1-2,4H3. The number of nitrogens with zero attached hydrogens (tertiary/aromatic N) is 2. The third kappa shape index (κ3) is 5.25. The molecule has 0 unspecified atom stereocenters. The number of halogens is 1. The molecule has 0 aliphatic heterocycles. The highest BCUT2D eigenvalue weighted by molar-refractivity contribution is 6.29. The third-order valence-electron chi connectivity index (χ3n) is 1.96. The lowest BCUT2D eigenvalue weighted by atomic mass is 10.4. The molecule has 0 spiro atoms. The molecule has 0 atom stereocenters. The molecule has 0 aromatic rings. The van der Waals surface area contributed by atoms with Gasteiger partial charge in [-0.3, -0.25) is 9.69 Å². The molecule has 0 aliphatic carbocycles. The van der Waals surface area contributed by atoms with Crippen LogP contribution in [0.25, 0.3) is 0 Å². The van der Waals surface area contributed by atoms with Gasteiger partial charge in [-0.2, -0.15) is 0 Å². The summed E-state index contributed by atoms with van der Waals surface area (Å²) in [6.07, 6.45) is 0. The lowest BCUT2D eigenvalue weighted by molar-refractivity contribution is -0.131. The van der Waals surface area contributed by atoms with Crippen LogP contribution in [-0.4, -0.2) is 48.9 Å². The maximum Gasteiger partial charge on any atom is 0.236 e. The molecule has 0 saturated carbocycles. The summed E-state index contributed by atoms with van der Waals surface area (Å²) in [5.41, 5.74) is 0. The molecule has 3 nitrogen and oxygen atoms in total. The molecule has 0 fully saturated rings. The SMILES string of the molecule is C=C(Cl)CN(C)CC(=O)N(CC)CC. The highest BCUT2D eigenvalue weighted by Gasteiger charge is 2.11. The van der Waals surface area contributed by atoms with Crippen LogP contribution in [0.3, 0.4) is 0 Å². The average molecular weight is 219 g/mol. The van der Waals surface area contributed by atoms with Crippen molar-refractivity contribution in [3.8, 4) is 0 Å². The zero-order chi connectivity index (χ0) is 11.1. The first-order valence-electron chi connectivity index (χ1n) is 4.80. The normalized spacial score (nSPS) is 10.4. The number of carbonyl (C=O) groups is 1. The monoisotopic (exact) mass is 218 g/mol. The van der Waals surface area contributed by atoms with E-state index < -0.39 is 0 Å². The van der Waals surface area contributed by atoms with Gasteiger partial charge in [0.05, 0.1) is 6.54 Å². The largest absolute Gasteiger partial charge is 0.342 e. The zero-order valence-corrected chi connectivity index (χ0v) is 9.97. The van der Waals surface area contributed by atoms with Crippen LogP contribution >= 0.6 is 11.6 Å². The van der Waals surface area contributed by atoms with Gasteiger partial charge in [0.2, 0.25) is 5.91 Å². The van der Waals surface area contributed by atoms with Gasteiger partial charge < -0.3 is 4.90 Å². The first-order chi connectivity index (χ1) is 6.51. The van der Waals surface area contributed by atoms with E-state index in [-0.39, 0.29) is 5.91 Å². The Morgan fingerprint density at radius 1 is 1.29 bits per heavy atom. The van der Waals surface area contributed by atoms with E-state index in [4.69, 9.17) is 11.6 Å². The number of hydrogen-bond donors (Lipinski definition) is 0. The predicted octanol–water partition coefficient (Wildman–Crippen LogP) is 1.54. The molecular weight excluding hydrogens is 200 g/mol. The predicted molar refractivity (Wildman–Crippen MR) is 60.4 cm³/mol. The van der Waals surface area contributed by atoms with Crippen molar-refractivity contribution < 1.29 is 4.79 Å². The van der Waals surface area contributed by atoms with E-state index in [0.717, 1.165) is 13.1 Å². The fourth-order valence-electron chi connectivity index (χ4n) is 1.26. The van der Waals surface area contributed by atoms with Crippen LogP contribution in [0, 0.1) is 0 Å². The van der Waals surface area contributed by atoms with Crippen LogP contribution in [0.5, 0.6) is 0 Å². The van der Waals surface area contributed by atoms with Gasteiger partial charge in [-0.25, -0.2) is 0 Å². The van der Waals surface area contributed by atoms with Crippen molar-refractivity contribution in [1.29, 1.82) is 0 Å². The number of likely N-dealkylation sites (N-methyl/N-ethyl adjacent to an activating group) is 2. The average Bonchev–Trinajstić information content (AvgIpc) is 2.04. The molecule has 0 aromatic heterocycles. The van der Waals surface area contributed by atoms with Crippen molar-refractivity contribution in [2.24, 2.45) is 0 Å². The van der Waals surface area contributed by atoms with Crippen LogP contribution in [0.1, 0.15) is 13.8 Å². The minimum Gasteiger partial charge on any atom is -0.342 e. The van der Waals surface area contributed by atoms with Crippen LogP contribution < -0.4 is 0 Å². The summed E-state index contributed by atoms with van der Waals surface area (Å²) in [6.45, 7) is 9.99. The minimum atomic E-state index is 0.135. The lowest BCUT2D eigenvalue weighted by Crippen LogP contribution is -2.39. The van der Waals surface area contributed by atoms with E-state index in [1.54, 1.807) is 4.90 Å². The Morgan fingerprint density at radius 3 is 2.14 bits per heavy atom. The number of rotatable bonds is 6. The van der Waals surface area contributed by atoms with Gasteiger partial charge >= 0.3 is 0 Å². The summed E-state index contributed by atoms with van der Waals surface area (Å²) in [6, 6.07) is 0. The van der Waals surface area contributed by atoms with Gasteiger partial charge in [0.15, 0.2) is 0 Å². The third-order valence-corrected chi connectivity index (χ3v) is 2.08. The van der Waals surface area contributed by atoms with Gasteiger partial charge in [-0.1, -0.05) is 18.2 Å². The second-order valence-electron chi connectivity index (χ2n) is 3.26. The van der Waals surface area contributed by atoms with Gasteiger partial charge in [-0.15, -0.1) is 0 Å². The molecule has 0 aromatic carbocycles. The molecule has 1 amide bonds. The molecule has 0 bridgehead atoms. The van der Waals surface area contributed by atoms with E-state index in [2.05, 4.69) is 6.58 Å². The molecule has 0 N–H and O–H groups in total. The van der Waals surface area contributed by atoms with Crippen LogP contribution in [0.4, 0.5) is 0 Å². The Balaban J connectivity index is 3.97. The Bertz CT molecular complexity index is 202. The number of carbonyl (C=O) groups excluding carboxylic acids is 1. The van der Waals surface area contributed by atoms with Gasteiger partial charge in [0, 0.05) is 24.7 Å². The highest BCUT2D eigenvalue weighted by Crippen LogP contribution is 2.00. The molecule has 0 heterocycles. The summed E-state index contributed by atoms with van der Waals surface area (Å²) in [5.74, 6) is 0.135. The Morgan fingerprint density at radius 2 is 1.79 bits per heavy atom. The van der Waals surface area contributed by atoms with Crippen LogP contribution in [0.2, 0.25) is 0 Å². The molecule has 4 heteroatoms. The lowest BCUT2D eigenvalue weighted by Gasteiger charge is -2.22. The van der Waals surface area contributed by atoms with Crippen molar-refractivity contribution in [3.05, 3.63) is 11.6 Å². The van der Waals surface area contributed by atoms with Gasteiger partial charge in [0.25, 0.3) is 0 Å². The highest BCUT2D eigenvalue weighted by atomic mass is 35.5. The first kappa shape index (κ1) is 13.5. The van der Waals surface area contributed by atoms with Crippen LogP contribution in [0.15, 0.2) is 11.6 Å².